The number of piperidine rings is 1. The maximum absolute atomic E-state index is 13.1. The van der Waals surface area contributed by atoms with Crippen molar-refractivity contribution in [2.45, 2.75) is 33.1 Å². The van der Waals surface area contributed by atoms with Gasteiger partial charge in [0.15, 0.2) is 0 Å². The van der Waals surface area contributed by atoms with Gasteiger partial charge >= 0.3 is 0 Å². The Hall–Kier alpha value is -3.52. The number of carbonyl (C=O) groups is 1. The second-order valence-electron chi connectivity index (χ2n) is 8.56. The zero-order valence-corrected chi connectivity index (χ0v) is 19.1. The van der Waals surface area contributed by atoms with E-state index in [2.05, 4.69) is 23.2 Å². The van der Waals surface area contributed by atoms with Crippen LogP contribution in [0.15, 0.2) is 48.5 Å². The van der Waals surface area contributed by atoms with Gasteiger partial charge in [-0.3, -0.25) is 14.9 Å². The van der Waals surface area contributed by atoms with Gasteiger partial charge in [-0.05, 0) is 75.2 Å². The van der Waals surface area contributed by atoms with Crippen LogP contribution in [0, 0.1) is 24.0 Å². The molecule has 0 spiro atoms. The summed E-state index contributed by atoms with van der Waals surface area (Å²) in [5, 5.41) is 18.7. The van der Waals surface area contributed by atoms with Crippen LogP contribution in [0.4, 0.5) is 5.69 Å². The predicted molar refractivity (Wildman–Crippen MR) is 128 cm³/mol. The average molecular weight is 448 g/mol. The van der Waals surface area contributed by atoms with Crippen LogP contribution < -0.4 is 5.32 Å². The normalized spacial score (nSPS) is 14.2. The van der Waals surface area contributed by atoms with Crippen molar-refractivity contribution in [3.63, 3.8) is 0 Å². The number of non-ortho nitro benzene ring substituents is 1. The van der Waals surface area contributed by atoms with Gasteiger partial charge in [0.2, 0.25) is 0 Å². The molecule has 0 saturated carbocycles. The van der Waals surface area contributed by atoms with Crippen LogP contribution in [0.1, 0.15) is 40.9 Å². The van der Waals surface area contributed by atoms with Crippen LogP contribution in [0.2, 0.25) is 0 Å². The van der Waals surface area contributed by atoms with Gasteiger partial charge in [0.25, 0.3) is 11.6 Å². The molecule has 3 aromatic rings. The topological polar surface area (TPSA) is 93.3 Å². The lowest BCUT2D eigenvalue weighted by atomic mass is 10.0. The minimum Gasteiger partial charge on any atom is -0.349 e. The van der Waals surface area contributed by atoms with E-state index in [1.807, 2.05) is 19.1 Å². The Kier molecular flexibility index (Phi) is 6.84. The Morgan fingerprint density at radius 1 is 1.03 bits per heavy atom. The first-order chi connectivity index (χ1) is 15.9. The predicted octanol–water partition coefficient (Wildman–Crippen LogP) is 4.28. The Morgan fingerprint density at radius 3 is 2.42 bits per heavy atom. The van der Waals surface area contributed by atoms with Crippen LogP contribution >= 0.6 is 0 Å². The van der Waals surface area contributed by atoms with Crippen LogP contribution in [-0.2, 0) is 0 Å². The number of carbonyl (C=O) groups excluding carboxylic acids is 1. The summed E-state index contributed by atoms with van der Waals surface area (Å²) in [6, 6.07) is 13.9. The molecule has 0 atom stereocenters. The Labute approximate surface area is 193 Å². The molecule has 0 aliphatic carbocycles. The first-order valence-corrected chi connectivity index (χ1v) is 11.4. The molecule has 0 bridgehead atoms. The molecule has 1 aromatic heterocycles. The number of rotatable bonds is 7. The molecule has 0 unspecified atom stereocenters. The lowest BCUT2D eigenvalue weighted by molar-refractivity contribution is -0.384. The maximum atomic E-state index is 13.1. The van der Waals surface area contributed by atoms with Crippen molar-refractivity contribution in [2.75, 3.05) is 26.2 Å². The zero-order valence-electron chi connectivity index (χ0n) is 19.1. The molecule has 1 amide bonds. The molecule has 172 valence electrons. The molecule has 33 heavy (non-hydrogen) atoms. The largest absolute Gasteiger partial charge is 0.349 e. The molecule has 4 rings (SSSR count). The summed E-state index contributed by atoms with van der Waals surface area (Å²) in [4.78, 5) is 26.1. The number of nitro benzene ring substituents is 1. The molecular formula is C25H29N5O3. The van der Waals surface area contributed by atoms with Gasteiger partial charge in [-0.1, -0.05) is 18.6 Å². The summed E-state index contributed by atoms with van der Waals surface area (Å²) in [6.45, 7) is 7.63. The fraction of sp³-hybridized carbons (Fsp3) is 0.360. The van der Waals surface area contributed by atoms with Crippen molar-refractivity contribution >= 4 is 11.6 Å². The van der Waals surface area contributed by atoms with E-state index in [0.717, 1.165) is 30.8 Å². The molecular weight excluding hydrogens is 418 g/mol. The van der Waals surface area contributed by atoms with Crippen molar-refractivity contribution in [3.8, 4) is 16.9 Å². The summed E-state index contributed by atoms with van der Waals surface area (Å²) in [5.41, 5.74) is 4.91. The van der Waals surface area contributed by atoms with Gasteiger partial charge in [0.05, 0.1) is 16.3 Å². The highest BCUT2D eigenvalue weighted by Gasteiger charge is 2.19. The van der Waals surface area contributed by atoms with E-state index in [1.165, 1.54) is 37.0 Å². The van der Waals surface area contributed by atoms with Crippen LogP contribution in [0.3, 0.4) is 0 Å². The van der Waals surface area contributed by atoms with E-state index >= 15 is 0 Å². The molecule has 1 saturated heterocycles. The molecule has 0 radical (unpaired) electrons. The van der Waals surface area contributed by atoms with E-state index in [1.54, 1.807) is 22.9 Å². The van der Waals surface area contributed by atoms with Crippen molar-refractivity contribution in [1.82, 2.24) is 20.0 Å². The molecule has 1 N–H and O–H groups in total. The number of hydrogen-bond donors (Lipinski definition) is 1. The number of nitrogens with zero attached hydrogens (tertiary/aromatic N) is 4. The van der Waals surface area contributed by atoms with Crippen LogP contribution in [-0.4, -0.2) is 51.7 Å². The van der Waals surface area contributed by atoms with E-state index in [4.69, 9.17) is 5.10 Å². The second-order valence-corrected chi connectivity index (χ2v) is 8.56. The molecule has 1 aliphatic heterocycles. The number of aromatic nitrogens is 2. The molecule has 2 heterocycles. The summed E-state index contributed by atoms with van der Waals surface area (Å²) < 4.78 is 1.56. The molecule has 2 aromatic carbocycles. The van der Waals surface area contributed by atoms with E-state index in [9.17, 15) is 14.9 Å². The Morgan fingerprint density at radius 2 is 1.76 bits per heavy atom. The minimum absolute atomic E-state index is 0.00665. The fourth-order valence-electron chi connectivity index (χ4n) is 4.10. The van der Waals surface area contributed by atoms with Gasteiger partial charge in [-0.15, -0.1) is 0 Å². The van der Waals surface area contributed by atoms with E-state index in [0.29, 0.717) is 23.6 Å². The minimum atomic E-state index is -0.443. The standard InChI is InChI=1S/C25H29N5O3/c1-18-6-7-20(16-19(18)2)23-17-24(25(31)26-12-15-28-13-4-3-5-14-28)29(27-23)21-8-10-22(11-9-21)30(32)33/h6-11,16-17H,3-5,12-15H2,1-2H3,(H,26,31). The van der Waals surface area contributed by atoms with E-state index in [-0.39, 0.29) is 11.6 Å². The quantitative estimate of drug-likeness (QED) is 0.431. The third kappa shape index (κ3) is 5.28. The highest BCUT2D eigenvalue weighted by Crippen LogP contribution is 2.25. The highest BCUT2D eigenvalue weighted by atomic mass is 16.6. The summed E-state index contributed by atoms with van der Waals surface area (Å²) >= 11 is 0. The Balaban J connectivity index is 1.61. The van der Waals surface area contributed by atoms with Crippen molar-refractivity contribution in [2.24, 2.45) is 0 Å². The van der Waals surface area contributed by atoms with Gasteiger partial charge in [-0.2, -0.15) is 5.10 Å². The molecule has 8 heteroatoms. The van der Waals surface area contributed by atoms with Crippen LogP contribution in [0.5, 0.6) is 0 Å². The fourth-order valence-corrected chi connectivity index (χ4v) is 4.10. The second kappa shape index (κ2) is 9.95. The number of aryl methyl sites for hydroxylation is 2. The lowest BCUT2D eigenvalue weighted by Gasteiger charge is -2.26. The summed E-state index contributed by atoms with van der Waals surface area (Å²) in [5.74, 6) is -0.215. The number of amides is 1. The molecule has 8 nitrogen and oxygen atoms in total. The third-order valence-corrected chi connectivity index (χ3v) is 6.21. The van der Waals surface area contributed by atoms with Gasteiger partial charge in [-0.25, -0.2) is 4.68 Å². The SMILES string of the molecule is Cc1ccc(-c2cc(C(=O)NCCN3CCCCC3)n(-c3ccc([N+](=O)[O-])cc3)n2)cc1C. The van der Waals surface area contributed by atoms with Gasteiger partial charge < -0.3 is 10.2 Å². The summed E-state index contributed by atoms with van der Waals surface area (Å²) in [6.07, 6.45) is 3.69. The molecule has 1 fully saturated rings. The van der Waals surface area contributed by atoms with Crippen LogP contribution in [0.25, 0.3) is 16.9 Å². The maximum Gasteiger partial charge on any atom is 0.270 e. The van der Waals surface area contributed by atoms with Crippen molar-refractivity contribution in [3.05, 3.63) is 75.5 Å². The lowest BCUT2D eigenvalue weighted by Crippen LogP contribution is -2.38. The van der Waals surface area contributed by atoms with Gasteiger partial charge in [0, 0.05) is 30.8 Å². The number of likely N-dealkylation sites (tertiary alicyclic amines) is 1. The number of benzene rings is 2. The average Bonchev–Trinajstić information content (AvgIpc) is 3.27. The Bertz CT molecular complexity index is 1150. The third-order valence-electron chi connectivity index (χ3n) is 6.21. The number of nitrogens with one attached hydrogen (secondary N) is 1. The first-order valence-electron chi connectivity index (χ1n) is 11.4. The smallest absolute Gasteiger partial charge is 0.270 e. The summed E-state index contributed by atoms with van der Waals surface area (Å²) in [7, 11) is 0. The zero-order chi connectivity index (χ0) is 23.4. The van der Waals surface area contributed by atoms with E-state index < -0.39 is 4.92 Å². The number of nitro groups is 1. The van der Waals surface area contributed by atoms with Gasteiger partial charge in [0.1, 0.15) is 5.69 Å². The monoisotopic (exact) mass is 447 g/mol. The van der Waals surface area contributed by atoms with Crippen molar-refractivity contribution < 1.29 is 9.72 Å². The van der Waals surface area contributed by atoms with Crippen molar-refractivity contribution in [1.29, 1.82) is 0 Å². The number of hydrogen-bond acceptors (Lipinski definition) is 5. The first kappa shape index (κ1) is 22.7. The highest BCUT2D eigenvalue weighted by molar-refractivity contribution is 5.94. The molecule has 1 aliphatic rings.